The van der Waals surface area contributed by atoms with E-state index in [1.807, 2.05) is 26.8 Å². The van der Waals surface area contributed by atoms with Crippen LogP contribution in [0.1, 0.15) is 17.1 Å². The van der Waals surface area contributed by atoms with Crippen molar-refractivity contribution in [3.63, 3.8) is 0 Å². The van der Waals surface area contributed by atoms with E-state index in [0.29, 0.717) is 11.4 Å². The molecule has 108 valence electrons. The van der Waals surface area contributed by atoms with Crippen molar-refractivity contribution in [2.24, 2.45) is 0 Å². The van der Waals surface area contributed by atoms with Crippen molar-refractivity contribution in [3.05, 3.63) is 53.4 Å². The Morgan fingerprint density at radius 2 is 1.95 bits per heavy atom. The van der Waals surface area contributed by atoms with Gasteiger partial charge in [-0.25, -0.2) is 9.07 Å². The molecule has 1 aromatic carbocycles. The van der Waals surface area contributed by atoms with Gasteiger partial charge in [0.15, 0.2) is 0 Å². The highest BCUT2D eigenvalue weighted by molar-refractivity contribution is 5.74. The van der Waals surface area contributed by atoms with Crippen molar-refractivity contribution in [1.82, 2.24) is 9.78 Å². The van der Waals surface area contributed by atoms with Crippen LogP contribution in [0, 0.1) is 26.6 Å². The second-order valence-corrected chi connectivity index (χ2v) is 5.14. The first-order valence-electron chi connectivity index (χ1n) is 6.65. The smallest absolute Gasteiger partial charge is 0.123 e. The first-order chi connectivity index (χ1) is 9.95. The van der Waals surface area contributed by atoms with E-state index in [0.717, 1.165) is 28.3 Å². The molecule has 21 heavy (non-hydrogen) atoms. The minimum atomic E-state index is -0.266. The van der Waals surface area contributed by atoms with Gasteiger partial charge in [0.2, 0.25) is 0 Å². The largest absolute Gasteiger partial charge is 0.466 e. The summed E-state index contributed by atoms with van der Waals surface area (Å²) in [5.74, 6) is 1.33. The SMILES string of the molecule is Cc1cc(-c2nn(-c3ccc(F)cc3C)cc2N)c(C)o1. The number of nitrogens with zero attached hydrogens (tertiary/aromatic N) is 2. The third-order valence-corrected chi connectivity index (χ3v) is 3.44. The molecule has 0 aliphatic heterocycles. The molecule has 0 saturated carbocycles. The third kappa shape index (κ3) is 2.31. The van der Waals surface area contributed by atoms with E-state index in [-0.39, 0.29) is 5.82 Å². The lowest BCUT2D eigenvalue weighted by molar-refractivity contribution is 0.505. The standard InChI is InChI=1S/C16H16FN3O/c1-9-6-12(17)4-5-15(9)20-8-14(18)16(19-20)13-7-10(2)21-11(13)3/h4-8H,18H2,1-3H3. The molecule has 0 unspecified atom stereocenters. The van der Waals surface area contributed by atoms with Crippen molar-refractivity contribution in [2.45, 2.75) is 20.8 Å². The van der Waals surface area contributed by atoms with Crippen LogP contribution >= 0.6 is 0 Å². The summed E-state index contributed by atoms with van der Waals surface area (Å²) < 4.78 is 20.4. The van der Waals surface area contributed by atoms with Gasteiger partial charge in [-0.2, -0.15) is 5.10 Å². The summed E-state index contributed by atoms with van der Waals surface area (Å²) in [5, 5.41) is 4.52. The Morgan fingerprint density at radius 1 is 1.19 bits per heavy atom. The van der Waals surface area contributed by atoms with Crippen molar-refractivity contribution in [2.75, 3.05) is 5.73 Å². The molecule has 0 radical (unpaired) electrons. The molecule has 3 rings (SSSR count). The van der Waals surface area contributed by atoms with Crippen LogP contribution in [0.5, 0.6) is 0 Å². The van der Waals surface area contributed by atoms with Gasteiger partial charge in [0.25, 0.3) is 0 Å². The predicted octanol–water partition coefficient (Wildman–Crippen LogP) is 3.78. The number of anilines is 1. The van der Waals surface area contributed by atoms with Crippen LogP contribution < -0.4 is 5.73 Å². The molecule has 3 aromatic rings. The van der Waals surface area contributed by atoms with Crippen LogP contribution in [0.2, 0.25) is 0 Å². The van der Waals surface area contributed by atoms with E-state index in [4.69, 9.17) is 10.2 Å². The molecule has 4 nitrogen and oxygen atoms in total. The van der Waals surface area contributed by atoms with Gasteiger partial charge in [-0.3, -0.25) is 0 Å². The fourth-order valence-electron chi connectivity index (χ4n) is 2.46. The Kier molecular flexibility index (Phi) is 3.05. The number of benzene rings is 1. The molecule has 0 aliphatic carbocycles. The van der Waals surface area contributed by atoms with Crippen molar-refractivity contribution in [3.8, 4) is 16.9 Å². The summed E-state index contributed by atoms with van der Waals surface area (Å²) in [4.78, 5) is 0. The van der Waals surface area contributed by atoms with Crippen LogP contribution in [0.25, 0.3) is 16.9 Å². The Labute approximate surface area is 122 Å². The molecule has 0 fully saturated rings. The molecule has 2 aromatic heterocycles. The predicted molar refractivity (Wildman–Crippen MR) is 79.8 cm³/mol. The van der Waals surface area contributed by atoms with Gasteiger partial charge in [-0.05, 0) is 50.6 Å². The van der Waals surface area contributed by atoms with E-state index in [1.165, 1.54) is 12.1 Å². The summed E-state index contributed by atoms with van der Waals surface area (Å²) in [6.07, 6.45) is 1.73. The first kappa shape index (κ1) is 13.4. The average molecular weight is 285 g/mol. The number of nitrogens with two attached hydrogens (primary N) is 1. The molecule has 0 atom stereocenters. The van der Waals surface area contributed by atoms with Crippen LogP contribution in [-0.4, -0.2) is 9.78 Å². The highest BCUT2D eigenvalue weighted by Gasteiger charge is 2.15. The van der Waals surface area contributed by atoms with E-state index < -0.39 is 0 Å². The second kappa shape index (κ2) is 4.77. The Balaban J connectivity index is 2.11. The Bertz CT molecular complexity index is 817. The van der Waals surface area contributed by atoms with Gasteiger partial charge in [0.1, 0.15) is 23.0 Å². The fourth-order valence-corrected chi connectivity index (χ4v) is 2.46. The average Bonchev–Trinajstić information content (AvgIpc) is 2.92. The number of rotatable bonds is 2. The number of furan rings is 1. The van der Waals surface area contributed by atoms with Crippen LogP contribution in [0.15, 0.2) is 34.9 Å². The topological polar surface area (TPSA) is 57.0 Å². The van der Waals surface area contributed by atoms with E-state index >= 15 is 0 Å². The maximum absolute atomic E-state index is 13.2. The Hall–Kier alpha value is -2.56. The van der Waals surface area contributed by atoms with Gasteiger partial charge in [-0.15, -0.1) is 0 Å². The lowest BCUT2D eigenvalue weighted by Gasteiger charge is -2.05. The lowest BCUT2D eigenvalue weighted by atomic mass is 10.1. The van der Waals surface area contributed by atoms with Crippen molar-refractivity contribution < 1.29 is 8.81 Å². The van der Waals surface area contributed by atoms with E-state index in [9.17, 15) is 4.39 Å². The normalized spacial score (nSPS) is 11.0. The Morgan fingerprint density at radius 3 is 2.57 bits per heavy atom. The molecule has 0 amide bonds. The number of aryl methyl sites for hydroxylation is 3. The maximum Gasteiger partial charge on any atom is 0.123 e. The van der Waals surface area contributed by atoms with Gasteiger partial charge < -0.3 is 10.2 Å². The minimum absolute atomic E-state index is 0.266. The fraction of sp³-hybridized carbons (Fsp3) is 0.188. The summed E-state index contributed by atoms with van der Waals surface area (Å²) in [6.45, 7) is 5.60. The van der Waals surface area contributed by atoms with Gasteiger partial charge in [-0.1, -0.05) is 0 Å². The lowest BCUT2D eigenvalue weighted by Crippen LogP contribution is -1.98. The summed E-state index contributed by atoms with van der Waals surface area (Å²) in [5.41, 5.74) is 9.77. The molecule has 0 saturated heterocycles. The molecule has 2 heterocycles. The van der Waals surface area contributed by atoms with Crippen LogP contribution in [0.3, 0.4) is 0 Å². The van der Waals surface area contributed by atoms with Crippen molar-refractivity contribution >= 4 is 5.69 Å². The molecule has 5 heteroatoms. The number of halogens is 1. The van der Waals surface area contributed by atoms with Crippen LogP contribution in [-0.2, 0) is 0 Å². The van der Waals surface area contributed by atoms with Crippen LogP contribution in [0.4, 0.5) is 10.1 Å². The number of hydrogen-bond donors (Lipinski definition) is 1. The molecule has 0 spiro atoms. The highest BCUT2D eigenvalue weighted by Crippen LogP contribution is 2.30. The molecule has 2 N–H and O–H groups in total. The monoisotopic (exact) mass is 285 g/mol. The molecular formula is C16H16FN3O. The van der Waals surface area contributed by atoms with E-state index in [1.54, 1.807) is 16.9 Å². The first-order valence-corrected chi connectivity index (χ1v) is 6.65. The molecule has 0 bridgehead atoms. The third-order valence-electron chi connectivity index (χ3n) is 3.44. The maximum atomic E-state index is 13.2. The second-order valence-electron chi connectivity index (χ2n) is 5.14. The van der Waals surface area contributed by atoms with Gasteiger partial charge in [0.05, 0.1) is 17.6 Å². The number of aromatic nitrogens is 2. The summed E-state index contributed by atoms with van der Waals surface area (Å²) >= 11 is 0. The summed E-state index contributed by atoms with van der Waals surface area (Å²) in [7, 11) is 0. The quantitative estimate of drug-likeness (QED) is 0.779. The molecular weight excluding hydrogens is 269 g/mol. The van der Waals surface area contributed by atoms with Gasteiger partial charge in [0, 0.05) is 5.56 Å². The zero-order chi connectivity index (χ0) is 15.1. The zero-order valence-corrected chi connectivity index (χ0v) is 12.1. The zero-order valence-electron chi connectivity index (χ0n) is 12.1. The van der Waals surface area contributed by atoms with Gasteiger partial charge >= 0.3 is 0 Å². The molecule has 0 aliphatic rings. The number of hydrogen-bond acceptors (Lipinski definition) is 3. The highest BCUT2D eigenvalue weighted by atomic mass is 19.1. The van der Waals surface area contributed by atoms with Crippen molar-refractivity contribution in [1.29, 1.82) is 0 Å². The van der Waals surface area contributed by atoms with E-state index in [2.05, 4.69) is 5.10 Å². The minimum Gasteiger partial charge on any atom is -0.466 e. The summed E-state index contributed by atoms with van der Waals surface area (Å²) in [6, 6.07) is 6.48. The number of nitrogen functional groups attached to an aromatic ring is 1.